The van der Waals surface area contributed by atoms with Crippen molar-refractivity contribution in [2.75, 3.05) is 6.54 Å². The van der Waals surface area contributed by atoms with Crippen molar-refractivity contribution in [3.05, 3.63) is 28.2 Å². The molecular weight excluding hydrogens is 252 g/mol. The maximum Gasteiger partial charge on any atom is 0.0982 e. The van der Waals surface area contributed by atoms with E-state index < -0.39 is 0 Å². The van der Waals surface area contributed by atoms with Crippen LogP contribution < -0.4 is 5.73 Å². The highest BCUT2D eigenvalue weighted by Crippen LogP contribution is 2.31. The number of aromatic nitrogens is 1. The number of benzene rings is 1. The van der Waals surface area contributed by atoms with Gasteiger partial charge in [-0.15, -0.1) is 11.3 Å². The second kappa shape index (κ2) is 5.34. The second-order valence-electron chi connectivity index (χ2n) is 4.73. The zero-order valence-electron chi connectivity index (χ0n) is 10.1. The van der Waals surface area contributed by atoms with Gasteiger partial charge in [-0.1, -0.05) is 25.4 Å². The summed E-state index contributed by atoms with van der Waals surface area (Å²) in [7, 11) is 0. The summed E-state index contributed by atoms with van der Waals surface area (Å²) in [6.45, 7) is 5.09. The predicted octanol–water partition coefficient (Wildman–Crippen LogP) is 4.04. The minimum absolute atomic E-state index is 0.367. The van der Waals surface area contributed by atoms with E-state index in [2.05, 4.69) is 18.8 Å². The monoisotopic (exact) mass is 268 g/mol. The molecule has 92 valence electrons. The Morgan fingerprint density at radius 2 is 2.18 bits per heavy atom. The summed E-state index contributed by atoms with van der Waals surface area (Å²) in [5.74, 6) is 1.00. The summed E-state index contributed by atoms with van der Waals surface area (Å²) in [5.41, 5.74) is 6.87. The Bertz CT molecular complexity index is 507. The van der Waals surface area contributed by atoms with Crippen LogP contribution in [0, 0.1) is 5.92 Å². The Hall–Kier alpha value is -0.640. The van der Waals surface area contributed by atoms with Crippen LogP contribution in [0.15, 0.2) is 18.2 Å². The normalized spacial score (nSPS) is 13.5. The summed E-state index contributed by atoms with van der Waals surface area (Å²) in [6, 6.07) is 5.83. The van der Waals surface area contributed by atoms with Gasteiger partial charge in [0, 0.05) is 17.5 Å². The average molecular weight is 269 g/mol. The van der Waals surface area contributed by atoms with Crippen LogP contribution in [0.5, 0.6) is 0 Å². The standard InChI is InChI=1S/C13H17ClN2S/c1-8(2)5-9(7-15)13-16-11-4-3-10(14)6-12(11)17-13/h3-4,6,8-9H,5,7,15H2,1-2H3. The molecule has 2 rings (SSSR count). The molecule has 2 nitrogen and oxygen atoms in total. The van der Waals surface area contributed by atoms with Gasteiger partial charge in [-0.2, -0.15) is 0 Å². The number of hydrogen-bond acceptors (Lipinski definition) is 3. The molecule has 1 heterocycles. The summed E-state index contributed by atoms with van der Waals surface area (Å²) in [4.78, 5) is 4.66. The van der Waals surface area contributed by atoms with E-state index in [1.54, 1.807) is 11.3 Å². The highest BCUT2D eigenvalue weighted by Gasteiger charge is 2.16. The molecule has 0 spiro atoms. The summed E-state index contributed by atoms with van der Waals surface area (Å²) in [6.07, 6.45) is 1.09. The van der Waals surface area contributed by atoms with Crippen LogP contribution in [0.4, 0.5) is 0 Å². The first-order valence-electron chi connectivity index (χ1n) is 5.86. The number of hydrogen-bond donors (Lipinski definition) is 1. The smallest absolute Gasteiger partial charge is 0.0982 e. The van der Waals surface area contributed by atoms with Gasteiger partial charge in [0.25, 0.3) is 0 Å². The third-order valence-corrected chi connectivity index (χ3v) is 4.17. The van der Waals surface area contributed by atoms with Gasteiger partial charge < -0.3 is 5.73 Å². The van der Waals surface area contributed by atoms with Crippen molar-refractivity contribution >= 4 is 33.2 Å². The Kier molecular flexibility index (Phi) is 4.02. The van der Waals surface area contributed by atoms with E-state index in [-0.39, 0.29) is 0 Å². The lowest BCUT2D eigenvalue weighted by Gasteiger charge is -2.13. The zero-order chi connectivity index (χ0) is 12.4. The van der Waals surface area contributed by atoms with Crippen molar-refractivity contribution in [2.24, 2.45) is 11.7 Å². The fourth-order valence-electron chi connectivity index (χ4n) is 1.96. The van der Waals surface area contributed by atoms with Gasteiger partial charge in [0.05, 0.1) is 15.2 Å². The first kappa shape index (κ1) is 12.8. The Morgan fingerprint density at radius 1 is 1.41 bits per heavy atom. The van der Waals surface area contributed by atoms with Gasteiger partial charge >= 0.3 is 0 Å². The van der Waals surface area contributed by atoms with E-state index in [4.69, 9.17) is 17.3 Å². The van der Waals surface area contributed by atoms with Crippen LogP contribution in [-0.2, 0) is 0 Å². The number of nitrogens with zero attached hydrogens (tertiary/aromatic N) is 1. The van der Waals surface area contributed by atoms with Gasteiger partial charge in [0.2, 0.25) is 0 Å². The van der Waals surface area contributed by atoms with Gasteiger partial charge in [0.1, 0.15) is 0 Å². The number of fused-ring (bicyclic) bond motifs is 1. The van der Waals surface area contributed by atoms with E-state index in [1.165, 1.54) is 0 Å². The lowest BCUT2D eigenvalue weighted by molar-refractivity contribution is 0.503. The van der Waals surface area contributed by atoms with Crippen molar-refractivity contribution in [1.29, 1.82) is 0 Å². The Labute approximate surface area is 111 Å². The third kappa shape index (κ3) is 2.97. The fraction of sp³-hybridized carbons (Fsp3) is 0.462. The van der Waals surface area contributed by atoms with E-state index in [0.717, 1.165) is 26.7 Å². The van der Waals surface area contributed by atoms with Crippen LogP contribution in [0.25, 0.3) is 10.2 Å². The molecule has 0 aliphatic rings. The highest BCUT2D eigenvalue weighted by atomic mass is 35.5. The van der Waals surface area contributed by atoms with E-state index in [9.17, 15) is 0 Å². The molecule has 2 aromatic rings. The van der Waals surface area contributed by atoms with Gasteiger partial charge in [-0.05, 0) is 30.5 Å². The van der Waals surface area contributed by atoms with Gasteiger partial charge in [-0.3, -0.25) is 0 Å². The first-order chi connectivity index (χ1) is 8.10. The lowest BCUT2D eigenvalue weighted by atomic mass is 9.98. The molecule has 0 bridgehead atoms. The minimum atomic E-state index is 0.367. The maximum absolute atomic E-state index is 5.98. The van der Waals surface area contributed by atoms with Crippen LogP contribution in [0.3, 0.4) is 0 Å². The molecule has 0 aliphatic heterocycles. The average Bonchev–Trinajstić information content (AvgIpc) is 2.68. The van der Waals surface area contributed by atoms with Crippen molar-refractivity contribution in [1.82, 2.24) is 4.98 Å². The summed E-state index contributed by atoms with van der Waals surface area (Å²) in [5, 5.41) is 1.90. The van der Waals surface area contributed by atoms with Crippen molar-refractivity contribution in [2.45, 2.75) is 26.2 Å². The van der Waals surface area contributed by atoms with E-state index >= 15 is 0 Å². The molecule has 1 atom stereocenters. The Balaban J connectivity index is 2.34. The van der Waals surface area contributed by atoms with Gasteiger partial charge in [-0.25, -0.2) is 4.98 Å². The molecule has 0 amide bonds. The number of halogens is 1. The third-order valence-electron chi connectivity index (χ3n) is 2.76. The molecule has 0 radical (unpaired) electrons. The highest BCUT2D eigenvalue weighted by molar-refractivity contribution is 7.18. The fourth-order valence-corrected chi connectivity index (χ4v) is 3.33. The molecule has 1 unspecified atom stereocenters. The van der Waals surface area contributed by atoms with Crippen molar-refractivity contribution in [3.63, 3.8) is 0 Å². The summed E-state index contributed by atoms with van der Waals surface area (Å²) < 4.78 is 1.15. The molecule has 0 saturated heterocycles. The summed E-state index contributed by atoms with van der Waals surface area (Å²) >= 11 is 7.69. The number of rotatable bonds is 4. The van der Waals surface area contributed by atoms with E-state index in [0.29, 0.717) is 18.4 Å². The molecule has 17 heavy (non-hydrogen) atoms. The molecule has 1 aromatic heterocycles. The van der Waals surface area contributed by atoms with Crippen LogP contribution in [0.2, 0.25) is 5.02 Å². The van der Waals surface area contributed by atoms with E-state index in [1.807, 2.05) is 18.2 Å². The number of thiazole rings is 1. The maximum atomic E-state index is 5.98. The zero-order valence-corrected chi connectivity index (χ0v) is 11.7. The molecule has 1 aromatic carbocycles. The Morgan fingerprint density at radius 3 is 2.82 bits per heavy atom. The van der Waals surface area contributed by atoms with Crippen LogP contribution in [0.1, 0.15) is 31.2 Å². The quantitative estimate of drug-likeness (QED) is 0.909. The molecular formula is C13H17ClN2S. The van der Waals surface area contributed by atoms with Crippen molar-refractivity contribution in [3.8, 4) is 0 Å². The molecule has 0 saturated carbocycles. The van der Waals surface area contributed by atoms with Crippen LogP contribution in [-0.4, -0.2) is 11.5 Å². The molecule has 0 fully saturated rings. The lowest BCUT2D eigenvalue weighted by Crippen LogP contribution is -2.14. The van der Waals surface area contributed by atoms with Crippen LogP contribution >= 0.6 is 22.9 Å². The molecule has 4 heteroatoms. The minimum Gasteiger partial charge on any atom is -0.330 e. The first-order valence-corrected chi connectivity index (χ1v) is 7.05. The predicted molar refractivity (Wildman–Crippen MR) is 75.9 cm³/mol. The molecule has 0 aliphatic carbocycles. The second-order valence-corrected chi connectivity index (χ2v) is 6.22. The SMILES string of the molecule is CC(C)CC(CN)c1nc2ccc(Cl)cc2s1. The van der Waals surface area contributed by atoms with Crippen molar-refractivity contribution < 1.29 is 0 Å². The largest absolute Gasteiger partial charge is 0.330 e. The topological polar surface area (TPSA) is 38.9 Å². The molecule has 2 N–H and O–H groups in total. The van der Waals surface area contributed by atoms with Gasteiger partial charge in [0.15, 0.2) is 0 Å². The number of nitrogens with two attached hydrogens (primary N) is 1.